The van der Waals surface area contributed by atoms with E-state index in [1.165, 1.54) is 6.07 Å². The Bertz CT molecular complexity index is 495. The summed E-state index contributed by atoms with van der Waals surface area (Å²) in [6, 6.07) is 4.67. The Labute approximate surface area is 125 Å². The molecule has 1 aromatic rings. The molecule has 4 nitrogen and oxygen atoms in total. The van der Waals surface area contributed by atoms with Crippen molar-refractivity contribution in [3.63, 3.8) is 0 Å². The third-order valence-electron chi connectivity index (χ3n) is 4.20. The Morgan fingerprint density at radius 3 is 2.52 bits per heavy atom. The number of carbonyl (C=O) groups excluding carboxylic acids is 1. The normalized spacial score (nSPS) is 17.8. The van der Waals surface area contributed by atoms with Crippen LogP contribution in [0.25, 0.3) is 0 Å². The van der Waals surface area contributed by atoms with E-state index in [-0.39, 0.29) is 24.4 Å². The molecular formula is C16H23FN2O2. The molecule has 1 atom stereocenters. The van der Waals surface area contributed by atoms with Crippen LogP contribution in [0.15, 0.2) is 18.2 Å². The molecule has 1 N–H and O–H groups in total. The Morgan fingerprint density at radius 1 is 1.33 bits per heavy atom. The number of hydrogen-bond acceptors (Lipinski definition) is 3. The number of amides is 1. The molecule has 0 radical (unpaired) electrons. The average molecular weight is 294 g/mol. The lowest BCUT2D eigenvalue weighted by Gasteiger charge is -2.38. The second kappa shape index (κ2) is 7.00. The highest BCUT2D eigenvalue weighted by atomic mass is 19.1. The van der Waals surface area contributed by atoms with Crippen LogP contribution in [0.2, 0.25) is 0 Å². The van der Waals surface area contributed by atoms with Crippen molar-refractivity contribution < 1.29 is 14.3 Å². The molecule has 1 aliphatic rings. The molecule has 0 bridgehead atoms. The number of aliphatic hydroxyl groups is 1. The molecule has 1 aliphatic heterocycles. The van der Waals surface area contributed by atoms with Crippen molar-refractivity contribution in [1.82, 2.24) is 9.80 Å². The smallest absolute Gasteiger partial charge is 0.253 e. The van der Waals surface area contributed by atoms with E-state index in [1.807, 2.05) is 0 Å². The van der Waals surface area contributed by atoms with Gasteiger partial charge in [-0.25, -0.2) is 4.39 Å². The maximum Gasteiger partial charge on any atom is 0.253 e. The second-order valence-electron chi connectivity index (χ2n) is 5.54. The number of nitrogens with zero attached hydrogens (tertiary/aromatic N) is 2. The molecule has 0 aromatic heterocycles. The Hall–Kier alpha value is -1.46. The fourth-order valence-corrected chi connectivity index (χ4v) is 2.75. The van der Waals surface area contributed by atoms with Gasteiger partial charge in [-0.05, 0) is 37.1 Å². The van der Waals surface area contributed by atoms with Crippen LogP contribution >= 0.6 is 0 Å². The van der Waals surface area contributed by atoms with Gasteiger partial charge in [-0.3, -0.25) is 9.69 Å². The zero-order valence-electron chi connectivity index (χ0n) is 12.7. The van der Waals surface area contributed by atoms with Crippen molar-refractivity contribution in [2.75, 3.05) is 32.8 Å². The molecule has 21 heavy (non-hydrogen) atoms. The van der Waals surface area contributed by atoms with E-state index < -0.39 is 0 Å². The van der Waals surface area contributed by atoms with Crippen molar-refractivity contribution in [1.29, 1.82) is 0 Å². The molecule has 2 rings (SSSR count). The predicted octanol–water partition coefficient (Wildman–Crippen LogP) is 1.66. The molecule has 0 saturated carbocycles. The summed E-state index contributed by atoms with van der Waals surface area (Å²) in [4.78, 5) is 16.4. The lowest BCUT2D eigenvalue weighted by atomic mass is 10.1. The van der Waals surface area contributed by atoms with Gasteiger partial charge in [0.05, 0.1) is 6.61 Å². The lowest BCUT2D eigenvalue weighted by molar-refractivity contribution is 0.0472. The van der Waals surface area contributed by atoms with Crippen molar-refractivity contribution in [2.45, 2.75) is 26.3 Å². The van der Waals surface area contributed by atoms with Crippen LogP contribution in [-0.2, 0) is 0 Å². The highest BCUT2D eigenvalue weighted by Gasteiger charge is 2.25. The summed E-state index contributed by atoms with van der Waals surface area (Å²) in [6.07, 6.45) is 0.904. The van der Waals surface area contributed by atoms with Gasteiger partial charge in [-0.1, -0.05) is 6.92 Å². The molecule has 5 heteroatoms. The number of piperazine rings is 1. The quantitative estimate of drug-likeness (QED) is 0.918. The van der Waals surface area contributed by atoms with E-state index >= 15 is 0 Å². The first kappa shape index (κ1) is 15.9. The number of halogens is 1. The molecule has 1 unspecified atom stereocenters. The van der Waals surface area contributed by atoms with Gasteiger partial charge >= 0.3 is 0 Å². The van der Waals surface area contributed by atoms with E-state index in [4.69, 9.17) is 0 Å². The molecular weight excluding hydrogens is 271 g/mol. The third-order valence-corrected chi connectivity index (χ3v) is 4.20. The van der Waals surface area contributed by atoms with Gasteiger partial charge in [0.2, 0.25) is 0 Å². The van der Waals surface area contributed by atoms with Gasteiger partial charge in [0.15, 0.2) is 0 Å². The van der Waals surface area contributed by atoms with Crippen LogP contribution in [-0.4, -0.2) is 59.6 Å². The minimum absolute atomic E-state index is 0.0465. The largest absolute Gasteiger partial charge is 0.395 e. The number of benzene rings is 1. The predicted molar refractivity (Wildman–Crippen MR) is 79.8 cm³/mol. The number of rotatable bonds is 4. The third kappa shape index (κ3) is 3.60. The van der Waals surface area contributed by atoms with Gasteiger partial charge < -0.3 is 10.0 Å². The van der Waals surface area contributed by atoms with Crippen LogP contribution in [0.4, 0.5) is 4.39 Å². The van der Waals surface area contributed by atoms with Crippen molar-refractivity contribution >= 4 is 5.91 Å². The maximum atomic E-state index is 13.3. The summed E-state index contributed by atoms with van der Waals surface area (Å²) in [5.41, 5.74) is 1.03. The van der Waals surface area contributed by atoms with Crippen molar-refractivity contribution in [3.8, 4) is 0 Å². The molecule has 1 saturated heterocycles. The average Bonchev–Trinajstić information content (AvgIpc) is 2.51. The minimum Gasteiger partial charge on any atom is -0.395 e. The van der Waals surface area contributed by atoms with Crippen LogP contribution in [0.5, 0.6) is 0 Å². The second-order valence-corrected chi connectivity index (χ2v) is 5.54. The van der Waals surface area contributed by atoms with Gasteiger partial charge in [-0.2, -0.15) is 0 Å². The summed E-state index contributed by atoms with van der Waals surface area (Å²) in [6.45, 7) is 6.70. The highest BCUT2D eigenvalue weighted by Crippen LogP contribution is 2.14. The van der Waals surface area contributed by atoms with Gasteiger partial charge in [-0.15, -0.1) is 0 Å². The Balaban J connectivity index is 1.98. The van der Waals surface area contributed by atoms with Crippen molar-refractivity contribution in [2.24, 2.45) is 0 Å². The number of aliphatic hydroxyl groups excluding tert-OH is 1. The summed E-state index contributed by atoms with van der Waals surface area (Å²) in [5.74, 6) is -0.333. The summed E-state index contributed by atoms with van der Waals surface area (Å²) in [5, 5.41) is 9.33. The fourth-order valence-electron chi connectivity index (χ4n) is 2.75. The molecule has 0 aliphatic carbocycles. The zero-order valence-corrected chi connectivity index (χ0v) is 12.7. The van der Waals surface area contributed by atoms with Crippen molar-refractivity contribution in [3.05, 3.63) is 35.1 Å². The first-order valence-corrected chi connectivity index (χ1v) is 7.47. The van der Waals surface area contributed by atoms with Gasteiger partial charge in [0.1, 0.15) is 5.82 Å². The molecule has 116 valence electrons. The van der Waals surface area contributed by atoms with E-state index in [9.17, 15) is 14.3 Å². The fraction of sp³-hybridized carbons (Fsp3) is 0.562. The maximum absolute atomic E-state index is 13.3. The van der Waals surface area contributed by atoms with Crippen LogP contribution in [0.1, 0.15) is 29.3 Å². The number of carbonyl (C=O) groups is 1. The van der Waals surface area contributed by atoms with E-state index in [2.05, 4.69) is 11.8 Å². The molecule has 1 amide bonds. The van der Waals surface area contributed by atoms with E-state index in [0.29, 0.717) is 24.2 Å². The zero-order chi connectivity index (χ0) is 15.4. The number of aryl methyl sites for hydroxylation is 1. The lowest BCUT2D eigenvalue weighted by Crippen LogP contribution is -2.52. The molecule has 0 spiro atoms. The SMILES string of the molecule is CCC(CO)N1CCN(C(=O)c2ccc(F)c(C)c2)CC1. The van der Waals surface area contributed by atoms with Crippen LogP contribution < -0.4 is 0 Å². The van der Waals surface area contributed by atoms with Crippen LogP contribution in [0.3, 0.4) is 0 Å². The standard InChI is InChI=1S/C16H23FN2O2/c1-3-14(11-20)18-6-8-19(9-7-18)16(21)13-4-5-15(17)12(2)10-13/h4-5,10,14,20H,3,6-9,11H2,1-2H3. The van der Waals surface area contributed by atoms with E-state index in [1.54, 1.807) is 24.0 Å². The Morgan fingerprint density at radius 2 is 2.00 bits per heavy atom. The first-order valence-electron chi connectivity index (χ1n) is 7.47. The first-order chi connectivity index (χ1) is 10.1. The molecule has 1 heterocycles. The Kier molecular flexibility index (Phi) is 5.31. The summed E-state index contributed by atoms with van der Waals surface area (Å²) >= 11 is 0. The van der Waals surface area contributed by atoms with Gasteiger partial charge in [0, 0.05) is 37.8 Å². The monoisotopic (exact) mass is 294 g/mol. The number of hydrogen-bond donors (Lipinski definition) is 1. The van der Waals surface area contributed by atoms with Gasteiger partial charge in [0.25, 0.3) is 5.91 Å². The highest BCUT2D eigenvalue weighted by molar-refractivity contribution is 5.94. The summed E-state index contributed by atoms with van der Waals surface area (Å²) in [7, 11) is 0. The summed E-state index contributed by atoms with van der Waals surface area (Å²) < 4.78 is 13.3. The molecule has 1 fully saturated rings. The molecule has 1 aromatic carbocycles. The minimum atomic E-state index is -0.287. The topological polar surface area (TPSA) is 43.8 Å². The van der Waals surface area contributed by atoms with Crippen LogP contribution in [0, 0.1) is 12.7 Å². The van der Waals surface area contributed by atoms with E-state index in [0.717, 1.165) is 19.5 Å².